The lowest BCUT2D eigenvalue weighted by molar-refractivity contribution is 0.642. The van der Waals surface area contributed by atoms with Crippen LogP contribution in [-0.4, -0.2) is 19.2 Å². The Kier molecular flexibility index (Phi) is 9.15. The van der Waals surface area contributed by atoms with Gasteiger partial charge in [0.1, 0.15) is 0 Å². The molecule has 0 heterocycles. The molecule has 0 atom stereocenters. The first kappa shape index (κ1) is 26.8. The van der Waals surface area contributed by atoms with Crippen molar-refractivity contribution in [3.8, 4) is 0 Å². The van der Waals surface area contributed by atoms with Gasteiger partial charge in [0, 0.05) is 25.2 Å². The Morgan fingerprint density at radius 1 is 0.639 bits per heavy atom. The molecule has 0 aliphatic rings. The molecule has 0 fully saturated rings. The second-order valence-electron chi connectivity index (χ2n) is 9.98. The van der Waals surface area contributed by atoms with E-state index in [1.165, 1.54) is 21.2 Å². The second kappa shape index (κ2) is 12.3. The first-order chi connectivity index (χ1) is 17.5. The molecule has 0 aromatic heterocycles. The molecule has 0 amide bonds. The smallest absolute Gasteiger partial charge is 0.172 e. The fourth-order valence-electron chi connectivity index (χ4n) is 4.52. The zero-order valence-electron chi connectivity index (χ0n) is 22.0. The van der Waals surface area contributed by atoms with E-state index in [2.05, 4.69) is 152 Å². The predicted octanol–water partition coefficient (Wildman–Crippen LogP) is 7.74. The third kappa shape index (κ3) is 6.16. The van der Waals surface area contributed by atoms with Crippen LogP contribution >= 0.6 is 15.3 Å². The van der Waals surface area contributed by atoms with Crippen molar-refractivity contribution in [1.29, 1.82) is 0 Å². The summed E-state index contributed by atoms with van der Waals surface area (Å²) >= 11 is 0. The minimum absolute atomic E-state index is 0.803. The van der Waals surface area contributed by atoms with E-state index in [-0.39, 0.29) is 0 Å². The van der Waals surface area contributed by atoms with Crippen molar-refractivity contribution in [3.63, 3.8) is 0 Å². The van der Waals surface area contributed by atoms with E-state index >= 15 is 0 Å². The van der Waals surface area contributed by atoms with Crippen LogP contribution in [0.15, 0.2) is 126 Å². The van der Waals surface area contributed by atoms with Gasteiger partial charge in [0.2, 0.25) is 0 Å². The zero-order valence-corrected chi connectivity index (χ0v) is 24.7. The van der Waals surface area contributed by atoms with Crippen molar-refractivity contribution >= 4 is 44.7 Å². The highest BCUT2D eigenvalue weighted by atomic mass is 31.2. The Labute approximate surface area is 220 Å². The van der Waals surface area contributed by atoms with Gasteiger partial charge in [-0.1, -0.05) is 154 Å². The third-order valence-corrected chi connectivity index (χ3v) is 16.0. The first-order valence-electron chi connectivity index (χ1n) is 12.9. The molecule has 0 unspecified atom stereocenters. The van der Waals surface area contributed by atoms with E-state index in [4.69, 9.17) is 4.41 Å². The van der Waals surface area contributed by atoms with E-state index in [9.17, 15) is 0 Å². The molecule has 0 N–H and O–H groups in total. The quantitative estimate of drug-likeness (QED) is 0.152. The minimum Gasteiger partial charge on any atom is -0.317 e. The van der Waals surface area contributed by atoms with Crippen LogP contribution in [0.2, 0.25) is 19.6 Å². The van der Waals surface area contributed by atoms with Crippen LogP contribution in [0.4, 0.5) is 0 Å². The van der Waals surface area contributed by atoms with Crippen molar-refractivity contribution in [2.45, 2.75) is 39.4 Å². The highest BCUT2D eigenvalue weighted by Crippen LogP contribution is 2.62. The fourth-order valence-corrected chi connectivity index (χ4v) is 16.5. The Morgan fingerprint density at radius 2 is 1.03 bits per heavy atom. The number of rotatable bonds is 10. The molecule has 0 saturated heterocycles. The van der Waals surface area contributed by atoms with Gasteiger partial charge in [-0.25, -0.2) is 4.44 Å². The Balaban J connectivity index is 2.13. The summed E-state index contributed by atoms with van der Waals surface area (Å²) in [6, 6.07) is 44.6. The average molecular weight is 529 g/mol. The van der Waals surface area contributed by atoms with E-state index < -0.39 is 23.5 Å². The lowest BCUT2D eigenvalue weighted by Gasteiger charge is -2.44. The summed E-state index contributed by atoms with van der Waals surface area (Å²) in [4.78, 5) is 0. The van der Waals surface area contributed by atoms with Crippen molar-refractivity contribution < 1.29 is 0 Å². The zero-order chi connectivity index (χ0) is 25.4. The summed E-state index contributed by atoms with van der Waals surface area (Å²) in [6.45, 7) is 10.5. The van der Waals surface area contributed by atoms with Gasteiger partial charge in [0.05, 0.1) is 7.21 Å². The molecule has 0 saturated carbocycles. The number of benzene rings is 4. The maximum Gasteiger partial charge on any atom is 0.172 e. The Hall–Kier alpha value is -2.28. The Morgan fingerprint density at radius 3 is 1.39 bits per heavy atom. The van der Waals surface area contributed by atoms with Crippen LogP contribution in [-0.2, 0) is 0 Å². The summed E-state index contributed by atoms with van der Waals surface area (Å²) in [5.41, 5.74) is 0. The standard InChI is InChI=1S/C31H38N2P2Si/c1-5-6-27-33(34(28-19-11-7-12-20-28)29-21-13-8-14-22-29)35(32-36(2,3)4,30-23-15-9-16-24-30)31-25-17-10-18-26-31/h7-26H,5-6,27H2,1-4H3. The summed E-state index contributed by atoms with van der Waals surface area (Å²) < 4.78 is 8.86. The topological polar surface area (TPSA) is 15.6 Å². The molecule has 0 bridgehead atoms. The predicted molar refractivity (Wildman–Crippen MR) is 166 cm³/mol. The summed E-state index contributed by atoms with van der Waals surface area (Å²) in [5, 5.41) is 5.48. The van der Waals surface area contributed by atoms with E-state index in [0.29, 0.717) is 0 Å². The minimum atomic E-state index is -2.30. The summed E-state index contributed by atoms with van der Waals surface area (Å²) in [5.74, 6) is 0. The number of hydrogen-bond donors (Lipinski definition) is 0. The SMILES string of the molecule is CCCCN(P(c1ccccc1)c1ccccc1)P(=N[Si](C)(C)C)(c1ccccc1)c1ccccc1. The molecule has 0 aliphatic heterocycles. The van der Waals surface area contributed by atoms with Gasteiger partial charge in [0.15, 0.2) is 8.24 Å². The van der Waals surface area contributed by atoms with Crippen LogP contribution in [0.3, 0.4) is 0 Å². The van der Waals surface area contributed by atoms with E-state index in [0.717, 1.165) is 19.4 Å². The second-order valence-corrected chi connectivity index (χ2v) is 20.3. The van der Waals surface area contributed by atoms with Crippen LogP contribution < -0.4 is 21.2 Å². The highest BCUT2D eigenvalue weighted by molar-refractivity contribution is 7.89. The third-order valence-electron chi connectivity index (χ3n) is 5.96. The first-order valence-corrected chi connectivity index (χ1v) is 19.3. The normalized spacial score (nSPS) is 12.2. The fraction of sp³-hybridized carbons (Fsp3) is 0.226. The van der Waals surface area contributed by atoms with Gasteiger partial charge in [0.25, 0.3) is 0 Å². The van der Waals surface area contributed by atoms with Crippen molar-refractivity contribution in [1.82, 2.24) is 4.44 Å². The molecule has 4 aromatic carbocycles. The molecule has 36 heavy (non-hydrogen) atoms. The number of unbranched alkanes of at least 4 members (excludes halogenated alkanes) is 1. The number of nitrogens with zero attached hydrogens (tertiary/aromatic N) is 2. The van der Waals surface area contributed by atoms with Gasteiger partial charge < -0.3 is 4.41 Å². The molecule has 2 nitrogen and oxygen atoms in total. The summed E-state index contributed by atoms with van der Waals surface area (Å²) in [6.07, 6.45) is 2.29. The van der Waals surface area contributed by atoms with E-state index in [1.807, 2.05) is 0 Å². The van der Waals surface area contributed by atoms with Crippen molar-refractivity contribution in [3.05, 3.63) is 121 Å². The van der Waals surface area contributed by atoms with Gasteiger partial charge in [-0.05, 0) is 17.0 Å². The van der Waals surface area contributed by atoms with Gasteiger partial charge in [-0.3, -0.25) is 0 Å². The maximum atomic E-state index is 6.00. The van der Waals surface area contributed by atoms with Crippen LogP contribution in [0, 0.1) is 0 Å². The molecule has 186 valence electrons. The van der Waals surface area contributed by atoms with Gasteiger partial charge in [-0.15, -0.1) is 0 Å². The maximum absolute atomic E-state index is 6.00. The molecular formula is C31H38N2P2Si. The van der Waals surface area contributed by atoms with Gasteiger partial charge in [-0.2, -0.15) is 0 Å². The average Bonchev–Trinajstić information content (AvgIpc) is 2.91. The molecule has 0 spiro atoms. The monoisotopic (exact) mass is 528 g/mol. The molecule has 0 aliphatic carbocycles. The largest absolute Gasteiger partial charge is 0.317 e. The molecule has 4 rings (SSSR count). The van der Waals surface area contributed by atoms with Gasteiger partial charge >= 0.3 is 0 Å². The molecule has 0 radical (unpaired) electrons. The lowest BCUT2D eigenvalue weighted by Crippen LogP contribution is -2.37. The van der Waals surface area contributed by atoms with Crippen molar-refractivity contribution in [2.24, 2.45) is 4.41 Å². The summed E-state index contributed by atoms with van der Waals surface area (Å²) in [7, 11) is -4.97. The molecule has 4 aromatic rings. The van der Waals surface area contributed by atoms with Crippen LogP contribution in [0.5, 0.6) is 0 Å². The van der Waals surface area contributed by atoms with E-state index in [1.54, 1.807) is 0 Å². The lowest BCUT2D eigenvalue weighted by atomic mass is 10.3. The highest BCUT2D eigenvalue weighted by Gasteiger charge is 2.39. The van der Waals surface area contributed by atoms with Crippen LogP contribution in [0.25, 0.3) is 0 Å². The molecule has 5 heteroatoms. The van der Waals surface area contributed by atoms with Crippen molar-refractivity contribution in [2.75, 3.05) is 6.54 Å². The molecular weight excluding hydrogens is 490 g/mol. The number of hydrogen-bond acceptors (Lipinski definition) is 1. The Bertz CT molecular complexity index is 1170. The van der Waals surface area contributed by atoms with Crippen LogP contribution in [0.1, 0.15) is 19.8 Å².